The number of aromatic nitrogens is 2. The fraction of sp³-hybridized carbons (Fsp3) is 0.438. The van der Waals surface area contributed by atoms with Crippen LogP contribution in [0.5, 0.6) is 0 Å². The van der Waals surface area contributed by atoms with E-state index in [0.29, 0.717) is 12.5 Å². The topological polar surface area (TPSA) is 66.3 Å². The Balaban J connectivity index is 2.03. The van der Waals surface area contributed by atoms with Gasteiger partial charge >= 0.3 is 5.97 Å². The molecule has 1 saturated heterocycles. The summed E-state index contributed by atoms with van der Waals surface area (Å²) in [4.78, 5) is 22.2. The first kappa shape index (κ1) is 13.8. The number of anilines is 1. The van der Waals surface area contributed by atoms with Crippen molar-refractivity contribution >= 4 is 22.7 Å². The second kappa shape index (κ2) is 5.31. The van der Waals surface area contributed by atoms with E-state index in [0.717, 1.165) is 35.2 Å². The van der Waals surface area contributed by atoms with Crippen LogP contribution in [0, 0.1) is 18.8 Å². The lowest BCUT2D eigenvalue weighted by Crippen LogP contribution is -2.43. The Labute approximate surface area is 123 Å². The number of benzene rings is 1. The van der Waals surface area contributed by atoms with E-state index in [-0.39, 0.29) is 5.92 Å². The molecule has 1 fully saturated rings. The van der Waals surface area contributed by atoms with Crippen LogP contribution in [-0.4, -0.2) is 34.1 Å². The summed E-state index contributed by atoms with van der Waals surface area (Å²) in [6.07, 6.45) is 2.30. The first-order chi connectivity index (χ1) is 10.1. The highest BCUT2D eigenvalue weighted by molar-refractivity contribution is 5.91. The van der Waals surface area contributed by atoms with Gasteiger partial charge in [0.1, 0.15) is 12.1 Å². The minimum Gasteiger partial charge on any atom is -0.481 e. The van der Waals surface area contributed by atoms with Crippen molar-refractivity contribution in [2.75, 3.05) is 18.0 Å². The molecule has 0 bridgehead atoms. The molecule has 0 saturated carbocycles. The summed E-state index contributed by atoms with van der Waals surface area (Å²) in [6.45, 7) is 5.47. The molecule has 1 aromatic carbocycles. The molecule has 1 aliphatic rings. The van der Waals surface area contributed by atoms with Crippen LogP contribution in [0.1, 0.15) is 18.9 Å². The quantitative estimate of drug-likeness (QED) is 0.918. The van der Waals surface area contributed by atoms with Gasteiger partial charge in [-0.1, -0.05) is 19.1 Å². The zero-order chi connectivity index (χ0) is 15.0. The molecule has 21 heavy (non-hydrogen) atoms. The van der Waals surface area contributed by atoms with Gasteiger partial charge in [0.05, 0.1) is 11.4 Å². The van der Waals surface area contributed by atoms with Gasteiger partial charge in [-0.25, -0.2) is 9.97 Å². The summed E-state index contributed by atoms with van der Waals surface area (Å²) in [5.41, 5.74) is 2.04. The maximum absolute atomic E-state index is 11.3. The van der Waals surface area contributed by atoms with Gasteiger partial charge in [-0.2, -0.15) is 0 Å². The average molecular weight is 285 g/mol. The highest BCUT2D eigenvalue weighted by Gasteiger charge is 2.30. The van der Waals surface area contributed by atoms with E-state index >= 15 is 0 Å². The van der Waals surface area contributed by atoms with E-state index in [4.69, 9.17) is 0 Å². The van der Waals surface area contributed by atoms with Gasteiger partial charge in [0, 0.05) is 18.5 Å². The first-order valence-corrected chi connectivity index (χ1v) is 7.24. The fourth-order valence-electron chi connectivity index (χ4n) is 3.18. The van der Waals surface area contributed by atoms with E-state index < -0.39 is 5.97 Å². The third kappa shape index (κ3) is 2.55. The molecule has 2 aromatic rings. The Morgan fingerprint density at radius 2 is 2.14 bits per heavy atom. The van der Waals surface area contributed by atoms with Gasteiger partial charge in [-0.05, 0) is 30.9 Å². The molecule has 5 heteroatoms. The summed E-state index contributed by atoms with van der Waals surface area (Å²) in [7, 11) is 0. The molecule has 2 heterocycles. The van der Waals surface area contributed by atoms with E-state index in [1.807, 2.05) is 25.1 Å². The number of rotatable bonds is 2. The highest BCUT2D eigenvalue weighted by atomic mass is 16.4. The Bertz CT molecular complexity index is 686. The molecule has 3 rings (SSSR count). The summed E-state index contributed by atoms with van der Waals surface area (Å²) in [5, 5.41) is 10.3. The molecule has 0 amide bonds. The van der Waals surface area contributed by atoms with Crippen molar-refractivity contribution in [3.05, 3.63) is 30.1 Å². The molecule has 2 atom stereocenters. The molecule has 110 valence electrons. The van der Waals surface area contributed by atoms with Gasteiger partial charge in [0.2, 0.25) is 0 Å². The standard InChI is InChI=1S/C16H19N3O2/c1-10-6-12(16(20)21)8-19(7-10)15-13-5-3-4-11(2)14(13)17-9-18-15/h3-5,9-10,12H,6-8H2,1-2H3,(H,20,21). The Morgan fingerprint density at radius 1 is 1.33 bits per heavy atom. The number of carboxylic acids is 1. The number of aryl methyl sites for hydroxylation is 1. The summed E-state index contributed by atoms with van der Waals surface area (Å²) >= 11 is 0. The van der Waals surface area contributed by atoms with E-state index in [2.05, 4.69) is 21.8 Å². The molecular formula is C16H19N3O2. The predicted molar refractivity (Wildman–Crippen MR) is 81.4 cm³/mol. The average Bonchev–Trinajstić information content (AvgIpc) is 2.46. The zero-order valence-electron chi connectivity index (χ0n) is 12.3. The minimum absolute atomic E-state index is 0.330. The number of carbonyl (C=O) groups is 1. The number of hydrogen-bond acceptors (Lipinski definition) is 4. The first-order valence-electron chi connectivity index (χ1n) is 7.24. The van der Waals surface area contributed by atoms with Crippen molar-refractivity contribution < 1.29 is 9.90 Å². The van der Waals surface area contributed by atoms with Crippen molar-refractivity contribution in [3.63, 3.8) is 0 Å². The second-order valence-electron chi connectivity index (χ2n) is 5.95. The maximum atomic E-state index is 11.3. The molecular weight excluding hydrogens is 266 g/mol. The number of nitrogens with zero attached hydrogens (tertiary/aromatic N) is 3. The SMILES string of the molecule is Cc1cccc2c(N3CC(C)CC(C(=O)O)C3)ncnc12. The Morgan fingerprint density at radius 3 is 2.90 bits per heavy atom. The molecule has 5 nitrogen and oxygen atoms in total. The van der Waals surface area contributed by atoms with Gasteiger partial charge < -0.3 is 10.0 Å². The largest absolute Gasteiger partial charge is 0.481 e. The van der Waals surface area contributed by atoms with Crippen LogP contribution in [0.3, 0.4) is 0 Å². The lowest BCUT2D eigenvalue weighted by molar-refractivity contribution is -0.142. The summed E-state index contributed by atoms with van der Waals surface area (Å²) in [6, 6.07) is 6.03. The van der Waals surface area contributed by atoms with Gasteiger partial charge in [-0.3, -0.25) is 4.79 Å². The molecule has 1 aliphatic heterocycles. The fourth-order valence-corrected chi connectivity index (χ4v) is 3.18. The van der Waals surface area contributed by atoms with Crippen molar-refractivity contribution in [1.29, 1.82) is 0 Å². The molecule has 0 spiro atoms. The van der Waals surface area contributed by atoms with Crippen molar-refractivity contribution in [2.45, 2.75) is 20.3 Å². The number of aliphatic carboxylic acids is 1. The molecule has 0 aliphatic carbocycles. The van der Waals surface area contributed by atoms with Gasteiger partial charge in [0.25, 0.3) is 0 Å². The lowest BCUT2D eigenvalue weighted by atomic mass is 9.90. The number of carboxylic acid groups (broad SMARTS) is 1. The normalized spacial score (nSPS) is 22.5. The third-order valence-corrected chi connectivity index (χ3v) is 4.15. The second-order valence-corrected chi connectivity index (χ2v) is 5.95. The molecule has 1 aromatic heterocycles. The van der Waals surface area contributed by atoms with Crippen molar-refractivity contribution in [1.82, 2.24) is 9.97 Å². The Kier molecular flexibility index (Phi) is 3.49. The van der Waals surface area contributed by atoms with Crippen molar-refractivity contribution in [3.8, 4) is 0 Å². The summed E-state index contributed by atoms with van der Waals surface area (Å²) < 4.78 is 0. The Hall–Kier alpha value is -2.17. The number of fused-ring (bicyclic) bond motifs is 1. The molecule has 0 radical (unpaired) electrons. The highest BCUT2D eigenvalue weighted by Crippen LogP contribution is 2.30. The smallest absolute Gasteiger partial charge is 0.308 e. The van der Waals surface area contributed by atoms with Crippen LogP contribution < -0.4 is 4.90 Å². The van der Waals surface area contributed by atoms with E-state index in [9.17, 15) is 9.90 Å². The minimum atomic E-state index is -0.721. The summed E-state index contributed by atoms with van der Waals surface area (Å²) in [5.74, 6) is 0.140. The van der Waals surface area contributed by atoms with Crippen LogP contribution in [0.4, 0.5) is 5.82 Å². The van der Waals surface area contributed by atoms with Crippen LogP contribution in [-0.2, 0) is 4.79 Å². The number of hydrogen-bond donors (Lipinski definition) is 1. The maximum Gasteiger partial charge on any atom is 0.308 e. The number of para-hydroxylation sites is 1. The molecule has 1 N–H and O–H groups in total. The van der Waals surface area contributed by atoms with Crippen molar-refractivity contribution in [2.24, 2.45) is 11.8 Å². The van der Waals surface area contributed by atoms with E-state index in [1.54, 1.807) is 6.33 Å². The third-order valence-electron chi connectivity index (χ3n) is 4.15. The lowest BCUT2D eigenvalue weighted by Gasteiger charge is -2.35. The zero-order valence-corrected chi connectivity index (χ0v) is 12.3. The van der Waals surface area contributed by atoms with Crippen LogP contribution in [0.25, 0.3) is 10.9 Å². The monoisotopic (exact) mass is 285 g/mol. The van der Waals surface area contributed by atoms with Crippen LogP contribution >= 0.6 is 0 Å². The van der Waals surface area contributed by atoms with Crippen LogP contribution in [0.15, 0.2) is 24.5 Å². The predicted octanol–water partition coefficient (Wildman–Crippen LogP) is 2.49. The van der Waals surface area contributed by atoms with Crippen LogP contribution in [0.2, 0.25) is 0 Å². The van der Waals surface area contributed by atoms with Gasteiger partial charge in [0.15, 0.2) is 0 Å². The van der Waals surface area contributed by atoms with Gasteiger partial charge in [-0.15, -0.1) is 0 Å². The van der Waals surface area contributed by atoms with E-state index in [1.165, 1.54) is 0 Å². The number of piperidine rings is 1. The molecule has 2 unspecified atom stereocenters.